The van der Waals surface area contributed by atoms with Crippen LogP contribution in [-0.2, 0) is 11.3 Å². The van der Waals surface area contributed by atoms with Crippen LogP contribution in [0.2, 0.25) is 0 Å². The molecular weight excluding hydrogens is 434 g/mol. The quantitative estimate of drug-likeness (QED) is 0.578. The first-order valence-corrected chi connectivity index (χ1v) is 11.9. The first kappa shape index (κ1) is 24.3. The third-order valence-corrected chi connectivity index (χ3v) is 6.83. The van der Waals surface area contributed by atoms with Crippen molar-refractivity contribution in [2.75, 3.05) is 45.7 Å². The zero-order chi connectivity index (χ0) is 24.1. The van der Waals surface area contributed by atoms with E-state index in [9.17, 15) is 9.59 Å². The normalized spacial score (nSPS) is 23.2. The van der Waals surface area contributed by atoms with Crippen LogP contribution >= 0.6 is 0 Å². The number of methoxy groups -OCH3 is 1. The van der Waals surface area contributed by atoms with Crippen molar-refractivity contribution in [3.05, 3.63) is 52.6 Å². The smallest absolute Gasteiger partial charge is 0.354 e. The van der Waals surface area contributed by atoms with Crippen molar-refractivity contribution in [3.8, 4) is 5.69 Å². The fraction of sp³-hybridized carbons (Fsp3) is 0.542. The molecule has 10 nitrogen and oxygen atoms in total. The van der Waals surface area contributed by atoms with Crippen molar-refractivity contribution in [2.45, 2.75) is 44.0 Å². The first-order valence-electron chi connectivity index (χ1n) is 11.9. The van der Waals surface area contributed by atoms with Crippen LogP contribution < -0.4 is 22.1 Å². The Kier molecular flexibility index (Phi) is 7.94. The molecule has 184 valence electrons. The number of benzene rings is 1. The summed E-state index contributed by atoms with van der Waals surface area (Å²) in [5.74, 6) is 0.254. The average molecular weight is 470 g/mol. The number of rotatable bonds is 6. The van der Waals surface area contributed by atoms with Gasteiger partial charge in [-0.3, -0.25) is 14.8 Å². The van der Waals surface area contributed by atoms with Gasteiger partial charge >= 0.3 is 11.7 Å². The predicted molar refractivity (Wildman–Crippen MR) is 131 cm³/mol. The number of nitrogens with zero attached hydrogens (tertiary/aromatic N) is 4. The average Bonchev–Trinajstić information content (AvgIpc) is 2.85. The van der Waals surface area contributed by atoms with E-state index in [1.54, 1.807) is 24.3 Å². The van der Waals surface area contributed by atoms with Crippen LogP contribution in [0.5, 0.6) is 0 Å². The lowest BCUT2D eigenvalue weighted by Gasteiger charge is -2.38. The summed E-state index contributed by atoms with van der Waals surface area (Å²) in [6.45, 7) is 3.59. The largest absolute Gasteiger partial charge is 0.380 e. The second-order valence-corrected chi connectivity index (χ2v) is 9.12. The Morgan fingerprint density at radius 1 is 1.24 bits per heavy atom. The number of nitrogens with one attached hydrogen (secondary N) is 2. The van der Waals surface area contributed by atoms with Gasteiger partial charge in [-0.05, 0) is 50.1 Å². The third-order valence-electron chi connectivity index (χ3n) is 6.83. The van der Waals surface area contributed by atoms with E-state index < -0.39 is 5.69 Å². The molecule has 0 spiro atoms. The molecule has 2 fully saturated rings. The minimum Gasteiger partial charge on any atom is -0.380 e. The van der Waals surface area contributed by atoms with Crippen molar-refractivity contribution >= 4 is 11.8 Å². The standard InChI is InChI=1S/C24H35N7O3/c1-29(19-7-8-20(25)21(15-19)34-2)16-17-3-5-18(6-4-17)31-12-9-22(28-24(31)33)27-23(32)30-13-10-26-11-14-30/h3-6,9,12,19-21,26H,7-8,10-11,13-16,25H2,1-2H3,(H,27,28,32,33)/t19-,20-,21-/m0/s1. The molecule has 1 aliphatic heterocycles. The Balaban J connectivity index is 1.36. The van der Waals surface area contributed by atoms with E-state index in [0.717, 1.165) is 50.1 Å². The van der Waals surface area contributed by atoms with Crippen molar-refractivity contribution < 1.29 is 9.53 Å². The highest BCUT2D eigenvalue weighted by molar-refractivity contribution is 5.88. The second kappa shape index (κ2) is 11.1. The van der Waals surface area contributed by atoms with Crippen LogP contribution in [-0.4, -0.2) is 83.9 Å². The lowest BCUT2D eigenvalue weighted by molar-refractivity contribution is 0.0188. The maximum Gasteiger partial charge on any atom is 0.354 e. The Morgan fingerprint density at radius 2 is 1.97 bits per heavy atom. The van der Waals surface area contributed by atoms with Crippen LogP contribution in [0.15, 0.2) is 41.3 Å². The molecular formula is C24H35N7O3. The molecule has 4 rings (SSSR count). The van der Waals surface area contributed by atoms with Crippen molar-refractivity contribution in [3.63, 3.8) is 0 Å². The number of carbonyl (C=O) groups is 1. The van der Waals surface area contributed by atoms with Gasteiger partial charge in [0.15, 0.2) is 0 Å². The van der Waals surface area contributed by atoms with E-state index in [1.165, 1.54) is 4.57 Å². The molecule has 3 atom stereocenters. The molecule has 1 aromatic carbocycles. The zero-order valence-corrected chi connectivity index (χ0v) is 19.9. The first-order chi connectivity index (χ1) is 16.4. The molecule has 2 amide bonds. The predicted octanol–water partition coefficient (Wildman–Crippen LogP) is 0.996. The summed E-state index contributed by atoms with van der Waals surface area (Å²) in [6.07, 6.45) is 4.71. The van der Waals surface area contributed by atoms with Crippen molar-refractivity contribution in [1.82, 2.24) is 24.7 Å². The van der Waals surface area contributed by atoms with Gasteiger partial charge in [-0.2, -0.15) is 4.98 Å². The summed E-state index contributed by atoms with van der Waals surface area (Å²) in [7, 11) is 3.86. The SMILES string of the molecule is CO[C@H]1C[C@@H](N(C)Cc2ccc(-n3ccc(NC(=O)N4CCNCC4)nc3=O)cc2)CC[C@@H]1N. The summed E-state index contributed by atoms with van der Waals surface area (Å²) < 4.78 is 7.02. The van der Waals surface area contributed by atoms with Gasteiger partial charge in [0, 0.05) is 58.1 Å². The van der Waals surface area contributed by atoms with Gasteiger partial charge in [0.1, 0.15) is 5.82 Å². The van der Waals surface area contributed by atoms with Gasteiger partial charge in [0.05, 0.1) is 11.8 Å². The lowest BCUT2D eigenvalue weighted by Crippen LogP contribution is -2.48. The van der Waals surface area contributed by atoms with E-state index in [2.05, 4.69) is 27.6 Å². The highest BCUT2D eigenvalue weighted by Gasteiger charge is 2.30. The Hall–Kier alpha value is -2.79. The molecule has 2 aliphatic rings. The van der Waals surface area contributed by atoms with Gasteiger partial charge in [0.25, 0.3) is 0 Å². The molecule has 4 N–H and O–H groups in total. The molecule has 0 radical (unpaired) electrons. The lowest BCUT2D eigenvalue weighted by atomic mass is 9.88. The molecule has 1 aromatic heterocycles. The Labute approximate surface area is 200 Å². The van der Waals surface area contributed by atoms with E-state index in [4.69, 9.17) is 10.5 Å². The number of hydrogen-bond donors (Lipinski definition) is 3. The number of ether oxygens (including phenoxy) is 1. The van der Waals surface area contributed by atoms with Crippen LogP contribution in [0.4, 0.5) is 10.6 Å². The minimum atomic E-state index is -0.438. The molecule has 10 heteroatoms. The number of piperazine rings is 1. The fourth-order valence-electron chi connectivity index (χ4n) is 4.71. The monoisotopic (exact) mass is 469 g/mol. The number of carbonyl (C=O) groups excluding carboxylic acids is 1. The van der Waals surface area contributed by atoms with E-state index in [-0.39, 0.29) is 24.0 Å². The maximum atomic E-state index is 12.6. The van der Waals surface area contributed by atoms with Gasteiger partial charge in [-0.25, -0.2) is 9.59 Å². The van der Waals surface area contributed by atoms with Gasteiger partial charge in [0.2, 0.25) is 0 Å². The zero-order valence-electron chi connectivity index (χ0n) is 19.9. The van der Waals surface area contributed by atoms with Gasteiger partial charge in [-0.1, -0.05) is 12.1 Å². The molecule has 0 bridgehead atoms. The minimum absolute atomic E-state index is 0.104. The topological polar surface area (TPSA) is 118 Å². The van der Waals surface area contributed by atoms with E-state index in [0.29, 0.717) is 19.1 Å². The Morgan fingerprint density at radius 3 is 2.65 bits per heavy atom. The molecule has 1 saturated carbocycles. The molecule has 34 heavy (non-hydrogen) atoms. The van der Waals surface area contributed by atoms with Crippen LogP contribution in [0, 0.1) is 0 Å². The van der Waals surface area contributed by atoms with Crippen molar-refractivity contribution in [1.29, 1.82) is 0 Å². The summed E-state index contributed by atoms with van der Waals surface area (Å²) in [5, 5.41) is 5.92. The molecule has 1 aliphatic carbocycles. The van der Waals surface area contributed by atoms with Crippen LogP contribution in [0.3, 0.4) is 0 Å². The molecule has 2 heterocycles. The molecule has 2 aromatic rings. The number of hydrogen-bond acceptors (Lipinski definition) is 7. The summed E-state index contributed by atoms with van der Waals surface area (Å²) in [4.78, 5) is 33.0. The summed E-state index contributed by atoms with van der Waals surface area (Å²) in [6, 6.07) is 9.84. The fourth-order valence-corrected chi connectivity index (χ4v) is 4.71. The Bertz CT molecular complexity index is 1020. The second-order valence-electron chi connectivity index (χ2n) is 9.12. The van der Waals surface area contributed by atoms with Gasteiger partial charge < -0.3 is 20.7 Å². The molecule has 1 saturated heterocycles. The maximum absolute atomic E-state index is 12.6. The highest BCUT2D eigenvalue weighted by Crippen LogP contribution is 2.25. The number of amides is 2. The van der Waals surface area contributed by atoms with Gasteiger partial charge in [-0.15, -0.1) is 0 Å². The number of urea groups is 1. The number of nitrogens with two attached hydrogens (primary N) is 1. The van der Waals surface area contributed by atoms with Crippen LogP contribution in [0.25, 0.3) is 5.69 Å². The number of aromatic nitrogens is 2. The summed E-state index contributed by atoms with van der Waals surface area (Å²) >= 11 is 0. The highest BCUT2D eigenvalue weighted by atomic mass is 16.5. The summed E-state index contributed by atoms with van der Waals surface area (Å²) in [5.41, 5.74) is 7.61. The number of anilines is 1. The van der Waals surface area contributed by atoms with Crippen molar-refractivity contribution in [2.24, 2.45) is 5.73 Å². The molecule has 0 unspecified atom stereocenters. The van der Waals surface area contributed by atoms with E-state index >= 15 is 0 Å². The van der Waals surface area contributed by atoms with E-state index in [1.807, 2.05) is 24.3 Å². The van der Waals surface area contributed by atoms with Crippen LogP contribution in [0.1, 0.15) is 24.8 Å². The third kappa shape index (κ3) is 5.82.